The molecule has 6 nitrogen and oxygen atoms in total. The van der Waals surface area contributed by atoms with E-state index in [0.717, 1.165) is 69.6 Å². The van der Waals surface area contributed by atoms with Gasteiger partial charge in [0.25, 0.3) is 0 Å². The van der Waals surface area contributed by atoms with Gasteiger partial charge in [-0.15, -0.1) is 0 Å². The minimum absolute atomic E-state index is 0.0636. The lowest BCUT2D eigenvalue weighted by atomic mass is 10.0. The summed E-state index contributed by atoms with van der Waals surface area (Å²) < 4.78 is 16.8. The lowest BCUT2D eigenvalue weighted by Crippen LogP contribution is -2.30. The van der Waals surface area contributed by atoms with Crippen LogP contribution in [0.2, 0.25) is 0 Å². The van der Waals surface area contributed by atoms with Gasteiger partial charge in [0.05, 0.1) is 0 Å². The molecule has 6 heteroatoms. The van der Waals surface area contributed by atoms with Crippen molar-refractivity contribution in [3.63, 3.8) is 0 Å². The molecule has 0 aliphatic carbocycles. The standard InChI is InChI=1S/C54H104O6/c1-6-7-8-9-10-11-12-13-17-21-24-31-36-41-46-54(57)60-51(48-59-53(56)45-40-35-30-26-25-28-33-38-43-50(4)5)47-58-52(55)44-39-34-29-23-20-18-15-14-16-19-22-27-32-37-42-49(2)3/h49-51H,6-48H2,1-5H3/t51-/m0/s1. The highest BCUT2D eigenvalue weighted by Gasteiger charge is 2.19. The average molecular weight is 849 g/mol. The molecule has 0 aromatic heterocycles. The first-order valence-electron chi connectivity index (χ1n) is 26.7. The second kappa shape index (κ2) is 46.9. The van der Waals surface area contributed by atoms with Crippen molar-refractivity contribution in [2.24, 2.45) is 11.8 Å². The normalized spacial score (nSPS) is 12.1. The molecule has 0 N–H and O–H groups in total. The predicted octanol–water partition coefficient (Wildman–Crippen LogP) is 17.3. The van der Waals surface area contributed by atoms with Crippen molar-refractivity contribution in [1.82, 2.24) is 0 Å². The average Bonchev–Trinajstić information content (AvgIpc) is 3.22. The maximum absolute atomic E-state index is 12.8. The van der Waals surface area contributed by atoms with Gasteiger partial charge in [-0.1, -0.05) is 259 Å². The minimum atomic E-state index is -0.762. The number of hydrogen-bond acceptors (Lipinski definition) is 6. The van der Waals surface area contributed by atoms with Crippen molar-refractivity contribution in [3.8, 4) is 0 Å². The van der Waals surface area contributed by atoms with Gasteiger partial charge >= 0.3 is 17.9 Å². The highest BCUT2D eigenvalue weighted by molar-refractivity contribution is 5.71. The van der Waals surface area contributed by atoms with E-state index in [2.05, 4.69) is 34.6 Å². The number of ether oxygens (including phenoxy) is 3. The molecule has 60 heavy (non-hydrogen) atoms. The Balaban J connectivity index is 4.28. The van der Waals surface area contributed by atoms with Crippen LogP contribution < -0.4 is 0 Å². The van der Waals surface area contributed by atoms with Gasteiger partial charge in [0.15, 0.2) is 6.10 Å². The molecule has 0 bridgehead atoms. The molecule has 0 amide bonds. The smallest absolute Gasteiger partial charge is 0.306 e. The van der Waals surface area contributed by atoms with Gasteiger partial charge in [0, 0.05) is 19.3 Å². The summed E-state index contributed by atoms with van der Waals surface area (Å²) >= 11 is 0. The zero-order valence-electron chi connectivity index (χ0n) is 41.1. The Bertz CT molecular complexity index is 916. The summed E-state index contributed by atoms with van der Waals surface area (Å²) in [6.07, 6.45) is 48.1. The zero-order valence-corrected chi connectivity index (χ0v) is 41.1. The monoisotopic (exact) mass is 849 g/mol. The fourth-order valence-electron chi connectivity index (χ4n) is 8.17. The Morgan fingerprint density at radius 3 is 0.817 bits per heavy atom. The van der Waals surface area contributed by atoms with Crippen LogP contribution >= 0.6 is 0 Å². The Morgan fingerprint density at radius 1 is 0.317 bits per heavy atom. The Kier molecular flexibility index (Phi) is 45.7. The maximum atomic E-state index is 12.8. The topological polar surface area (TPSA) is 78.9 Å². The van der Waals surface area contributed by atoms with Crippen molar-refractivity contribution in [2.75, 3.05) is 13.2 Å². The van der Waals surface area contributed by atoms with Gasteiger partial charge in [-0.25, -0.2) is 0 Å². The van der Waals surface area contributed by atoms with E-state index in [0.29, 0.717) is 19.3 Å². The van der Waals surface area contributed by atoms with E-state index in [4.69, 9.17) is 14.2 Å². The molecular formula is C54H104O6. The fraction of sp³-hybridized carbons (Fsp3) is 0.944. The van der Waals surface area contributed by atoms with Crippen molar-refractivity contribution in [1.29, 1.82) is 0 Å². The van der Waals surface area contributed by atoms with Crippen LogP contribution in [-0.2, 0) is 28.6 Å². The number of hydrogen-bond donors (Lipinski definition) is 0. The summed E-state index contributed by atoms with van der Waals surface area (Å²) in [6.45, 7) is 11.4. The molecule has 0 aromatic carbocycles. The van der Waals surface area contributed by atoms with Gasteiger partial charge in [0.1, 0.15) is 13.2 Å². The van der Waals surface area contributed by atoms with E-state index in [1.165, 1.54) is 186 Å². The lowest BCUT2D eigenvalue weighted by Gasteiger charge is -2.18. The van der Waals surface area contributed by atoms with E-state index in [9.17, 15) is 14.4 Å². The second-order valence-corrected chi connectivity index (χ2v) is 19.5. The highest BCUT2D eigenvalue weighted by Crippen LogP contribution is 2.17. The maximum Gasteiger partial charge on any atom is 0.306 e. The number of esters is 3. The first-order chi connectivity index (χ1) is 29.2. The van der Waals surface area contributed by atoms with Gasteiger partial charge in [-0.2, -0.15) is 0 Å². The summed E-state index contributed by atoms with van der Waals surface area (Å²) in [5.41, 5.74) is 0. The Hall–Kier alpha value is -1.59. The van der Waals surface area contributed by atoms with Gasteiger partial charge in [-0.3, -0.25) is 14.4 Å². The van der Waals surface area contributed by atoms with Crippen LogP contribution in [0.25, 0.3) is 0 Å². The Labute approximate surface area is 374 Å². The molecule has 356 valence electrons. The van der Waals surface area contributed by atoms with Crippen molar-refractivity contribution < 1.29 is 28.6 Å². The van der Waals surface area contributed by atoms with E-state index in [-0.39, 0.29) is 31.1 Å². The SMILES string of the molecule is CCCCCCCCCCCCCCCCC(=O)O[C@@H](COC(=O)CCCCCCCCCCCCCCCCC(C)C)COC(=O)CCCCCCCCCCC(C)C. The summed E-state index contributed by atoms with van der Waals surface area (Å²) in [6, 6.07) is 0. The van der Waals surface area contributed by atoms with Gasteiger partial charge < -0.3 is 14.2 Å². The highest BCUT2D eigenvalue weighted by atomic mass is 16.6. The molecule has 0 rings (SSSR count). The van der Waals surface area contributed by atoms with Crippen molar-refractivity contribution in [3.05, 3.63) is 0 Å². The molecular weight excluding hydrogens is 745 g/mol. The minimum Gasteiger partial charge on any atom is -0.462 e. The molecule has 0 aliphatic heterocycles. The van der Waals surface area contributed by atoms with Crippen LogP contribution in [0, 0.1) is 11.8 Å². The second-order valence-electron chi connectivity index (χ2n) is 19.5. The first kappa shape index (κ1) is 58.4. The molecule has 0 aliphatic rings. The summed E-state index contributed by atoms with van der Waals surface area (Å²) in [4.78, 5) is 38.0. The number of rotatable bonds is 48. The van der Waals surface area contributed by atoms with Gasteiger partial charge in [-0.05, 0) is 31.1 Å². The molecule has 0 aromatic rings. The van der Waals surface area contributed by atoms with Crippen LogP contribution in [0.5, 0.6) is 0 Å². The largest absolute Gasteiger partial charge is 0.462 e. The molecule has 0 fully saturated rings. The molecule has 0 radical (unpaired) electrons. The fourth-order valence-corrected chi connectivity index (χ4v) is 8.17. The summed E-state index contributed by atoms with van der Waals surface area (Å²) in [5, 5.41) is 0. The Morgan fingerprint density at radius 2 is 0.550 bits per heavy atom. The molecule has 0 heterocycles. The first-order valence-corrected chi connectivity index (χ1v) is 26.7. The van der Waals surface area contributed by atoms with E-state index < -0.39 is 6.10 Å². The van der Waals surface area contributed by atoms with E-state index in [1.54, 1.807) is 0 Å². The lowest BCUT2D eigenvalue weighted by molar-refractivity contribution is -0.167. The van der Waals surface area contributed by atoms with Crippen molar-refractivity contribution >= 4 is 17.9 Å². The van der Waals surface area contributed by atoms with Crippen LogP contribution in [0.4, 0.5) is 0 Å². The van der Waals surface area contributed by atoms with Crippen LogP contribution in [-0.4, -0.2) is 37.2 Å². The molecule has 0 unspecified atom stereocenters. The van der Waals surface area contributed by atoms with Crippen molar-refractivity contribution in [2.45, 2.75) is 304 Å². The van der Waals surface area contributed by atoms with E-state index >= 15 is 0 Å². The molecule has 0 spiro atoms. The zero-order chi connectivity index (χ0) is 44.0. The van der Waals surface area contributed by atoms with Crippen LogP contribution in [0.1, 0.15) is 298 Å². The summed E-state index contributed by atoms with van der Waals surface area (Å²) in [7, 11) is 0. The van der Waals surface area contributed by atoms with Crippen LogP contribution in [0.15, 0.2) is 0 Å². The number of unbranched alkanes of at least 4 members (excludes halogenated alkanes) is 33. The predicted molar refractivity (Wildman–Crippen MR) is 256 cm³/mol. The molecule has 0 saturated carbocycles. The third-order valence-electron chi connectivity index (χ3n) is 12.2. The third-order valence-corrected chi connectivity index (χ3v) is 12.2. The summed E-state index contributed by atoms with van der Waals surface area (Å²) in [5.74, 6) is 0.794. The molecule has 0 saturated heterocycles. The molecule has 1 atom stereocenters. The van der Waals surface area contributed by atoms with Gasteiger partial charge in [0.2, 0.25) is 0 Å². The number of carbonyl (C=O) groups excluding carboxylic acids is 3. The quantitative estimate of drug-likeness (QED) is 0.0345. The van der Waals surface area contributed by atoms with Crippen LogP contribution in [0.3, 0.4) is 0 Å². The van der Waals surface area contributed by atoms with E-state index in [1.807, 2.05) is 0 Å². The number of carbonyl (C=O) groups is 3. The third kappa shape index (κ3) is 47.5.